The van der Waals surface area contributed by atoms with E-state index in [1.165, 1.54) is 59.0 Å². The number of carboxylic acid groups (broad SMARTS) is 1. The molecule has 10 nitrogen and oxygen atoms in total. The van der Waals surface area contributed by atoms with E-state index in [4.69, 9.17) is 31.0 Å². The molecule has 0 unspecified atom stereocenters. The van der Waals surface area contributed by atoms with Crippen LogP contribution in [0.1, 0.15) is 14.6 Å². The molecule has 0 fully saturated rings. The summed E-state index contributed by atoms with van der Waals surface area (Å²) in [7, 11) is 0. The zero-order valence-corrected chi connectivity index (χ0v) is 40.9. The number of allylic oxidation sites excluding steroid dienone is 1. The van der Waals surface area contributed by atoms with Crippen LogP contribution >= 0.6 is 68.0 Å². The fraction of sp³-hybridized carbons (Fsp3) is 0. The summed E-state index contributed by atoms with van der Waals surface area (Å²) in [6.45, 7) is 7.05. The molecule has 70 heavy (non-hydrogen) atoms. The summed E-state index contributed by atoms with van der Waals surface area (Å²) in [5.41, 5.74) is 6.13. The molecular weight excluding hydrogens is 993 g/mol. The van der Waals surface area contributed by atoms with Crippen molar-refractivity contribution in [2.45, 2.75) is 0 Å². The Bertz CT molecular complexity index is 3410. The summed E-state index contributed by atoms with van der Waals surface area (Å²) in [4.78, 5) is 62.6. The highest BCUT2D eigenvalue weighted by atomic mass is 32.1. The zero-order chi connectivity index (χ0) is 49.4. The number of benzene rings is 3. The molecular formula is C54H30N4O6S6. The molecule has 0 aliphatic carbocycles. The minimum Gasteiger partial charge on any atom is -0.477 e. The van der Waals surface area contributed by atoms with Gasteiger partial charge in [-0.05, 0) is 144 Å². The number of hydrogen-bond acceptors (Lipinski definition) is 14. The highest BCUT2D eigenvalue weighted by molar-refractivity contribution is 7.25. The van der Waals surface area contributed by atoms with Gasteiger partial charge >= 0.3 is 18.3 Å². The maximum absolute atomic E-state index is 11.4. The second kappa shape index (κ2) is 24.0. The third-order valence-corrected chi connectivity index (χ3v) is 17.1. The minimum absolute atomic E-state index is 0.250. The largest absolute Gasteiger partial charge is 0.477 e. The summed E-state index contributed by atoms with van der Waals surface area (Å²) in [6.07, 6.45) is 8.60. The quantitative estimate of drug-likeness (QED) is 0.0673. The van der Waals surface area contributed by atoms with E-state index < -0.39 is 5.97 Å². The Morgan fingerprint density at radius 1 is 0.486 bits per heavy atom. The molecule has 9 rings (SSSR count). The maximum atomic E-state index is 11.4. The van der Waals surface area contributed by atoms with Crippen LogP contribution in [0.25, 0.3) is 83.7 Å². The average Bonchev–Trinajstić information content (AvgIpc) is 4.25. The van der Waals surface area contributed by atoms with Crippen LogP contribution in [-0.2, 0) is 24.0 Å². The van der Waals surface area contributed by atoms with Crippen molar-refractivity contribution in [1.29, 1.82) is 10.5 Å². The first kappa shape index (κ1) is 49.5. The van der Waals surface area contributed by atoms with Gasteiger partial charge < -0.3 is 10.0 Å². The molecule has 0 saturated carbocycles. The molecule has 0 bridgehead atoms. The molecule has 0 aliphatic rings. The second-order valence-electron chi connectivity index (χ2n) is 14.1. The molecule has 0 spiro atoms. The van der Waals surface area contributed by atoms with Gasteiger partial charge in [0.05, 0.1) is 12.6 Å². The molecule has 3 aromatic carbocycles. The van der Waals surface area contributed by atoms with E-state index in [-0.39, 0.29) is 17.9 Å². The molecule has 6 aromatic heterocycles. The van der Waals surface area contributed by atoms with E-state index in [0.717, 1.165) is 58.1 Å². The number of thiophene rings is 6. The lowest BCUT2D eigenvalue weighted by Gasteiger charge is -2.26. The van der Waals surface area contributed by atoms with Gasteiger partial charge in [0.1, 0.15) is 11.6 Å². The third-order valence-electron chi connectivity index (χ3n) is 9.93. The first-order chi connectivity index (χ1) is 34.2. The highest BCUT2D eigenvalue weighted by Gasteiger charge is 2.17. The fourth-order valence-corrected chi connectivity index (χ4v) is 12.9. The summed E-state index contributed by atoms with van der Waals surface area (Å²) in [5.74, 6) is -1.24. The molecule has 0 atom stereocenters. The van der Waals surface area contributed by atoms with Crippen molar-refractivity contribution in [2.75, 3.05) is 4.90 Å². The van der Waals surface area contributed by atoms with Gasteiger partial charge in [0.15, 0.2) is 6.20 Å². The van der Waals surface area contributed by atoms with Crippen LogP contribution in [0.5, 0.6) is 0 Å². The molecule has 6 heterocycles. The van der Waals surface area contributed by atoms with E-state index in [9.17, 15) is 15.2 Å². The second-order valence-corrected chi connectivity index (χ2v) is 20.7. The van der Waals surface area contributed by atoms with Crippen LogP contribution in [-0.4, -0.2) is 23.4 Å². The van der Waals surface area contributed by atoms with Crippen molar-refractivity contribution in [3.8, 4) is 72.7 Å². The van der Waals surface area contributed by atoms with Gasteiger partial charge in [0.2, 0.25) is 0 Å². The zero-order valence-electron chi connectivity index (χ0n) is 36.0. The number of carbonyl (C=O) groups is 1. The Morgan fingerprint density at radius 2 is 0.814 bits per heavy atom. The van der Waals surface area contributed by atoms with E-state index in [1.54, 1.807) is 62.8 Å². The SMILES string of the molecule is O=C=O.O=C=O.[C-]#[N+]/C=C/c1ccc(-c2ccc(-c3ccc(N(c4ccc(-c5ccc(-c6ccc(/C=C\C#N)s6)s5)cc4)c4ccc(-c5ccc(-c6ccc(/C=C(\C#N)C(=O)O)s6)s5)cc4)cc3)s2)s1. The van der Waals surface area contributed by atoms with Gasteiger partial charge in [-0.25, -0.2) is 9.64 Å². The fourth-order valence-electron chi connectivity index (χ4n) is 6.87. The van der Waals surface area contributed by atoms with Crippen LogP contribution in [0.3, 0.4) is 0 Å². The van der Waals surface area contributed by atoms with E-state index in [0.29, 0.717) is 4.88 Å². The predicted molar refractivity (Wildman–Crippen MR) is 283 cm³/mol. The van der Waals surface area contributed by atoms with Crippen LogP contribution in [0.2, 0.25) is 0 Å². The molecule has 0 radical (unpaired) electrons. The van der Waals surface area contributed by atoms with E-state index in [1.807, 2.05) is 30.4 Å². The van der Waals surface area contributed by atoms with E-state index in [2.05, 4.69) is 143 Å². The summed E-state index contributed by atoms with van der Waals surface area (Å²) < 4.78 is 0. The maximum Gasteiger partial charge on any atom is 0.373 e. The number of rotatable bonds is 13. The first-order valence-corrected chi connectivity index (χ1v) is 25.2. The van der Waals surface area contributed by atoms with Gasteiger partial charge in [0.25, 0.3) is 0 Å². The van der Waals surface area contributed by atoms with Gasteiger partial charge in [-0.3, -0.25) is 0 Å². The van der Waals surface area contributed by atoms with Crippen molar-refractivity contribution in [1.82, 2.24) is 0 Å². The molecule has 9 aromatic rings. The molecule has 1 N–H and O–H groups in total. The normalized spacial score (nSPS) is 10.7. The number of aliphatic carboxylic acids is 1. The standard InChI is InChI=1S/C52H30N4O2S6.2CO2/c1-55-30-28-41-17-20-47(60-41)50-26-23-44(63-50)34-6-12-38(13-7-34)56(37-10-4-33(5-11-37)43-22-25-49(62-43)46-19-16-40(59-46)3-2-29-53)39-14-8-35(9-15-39)45-24-27-51(64-45)48-21-18-42(61-48)31-36(32-54)52(57)58;2*2-1-3/h2-28,30-31H,(H,57,58);;/b3-2-,30-28+,36-31+;;. The van der Waals surface area contributed by atoms with E-state index >= 15 is 0 Å². The number of anilines is 3. The number of hydrogen-bond donors (Lipinski definition) is 1. The lowest BCUT2D eigenvalue weighted by Crippen LogP contribution is -2.09. The van der Waals surface area contributed by atoms with Gasteiger partial charge in [0, 0.05) is 81.7 Å². The topological polar surface area (TPSA) is 161 Å². The van der Waals surface area contributed by atoms with Crippen LogP contribution in [0, 0.1) is 29.2 Å². The number of nitriles is 2. The number of nitrogens with zero attached hydrogens (tertiary/aromatic N) is 4. The van der Waals surface area contributed by atoms with Gasteiger partial charge in [-0.15, -0.1) is 68.0 Å². The Balaban J connectivity index is 0.00000115. The van der Waals surface area contributed by atoms with Crippen molar-refractivity contribution in [3.63, 3.8) is 0 Å². The lowest BCUT2D eigenvalue weighted by atomic mass is 10.1. The van der Waals surface area contributed by atoms with Crippen LogP contribution < -0.4 is 4.90 Å². The van der Waals surface area contributed by atoms with Crippen molar-refractivity contribution >= 4 is 122 Å². The average molecular weight is 1020 g/mol. The van der Waals surface area contributed by atoms with Crippen molar-refractivity contribution < 1.29 is 29.1 Å². The van der Waals surface area contributed by atoms with Gasteiger partial charge in [-0.1, -0.05) is 36.4 Å². The Labute approximate surface area is 425 Å². The summed E-state index contributed by atoms with van der Waals surface area (Å²) >= 11 is 9.99. The molecule has 16 heteroatoms. The molecule has 0 saturated heterocycles. The van der Waals surface area contributed by atoms with Crippen molar-refractivity contribution in [3.05, 3.63) is 189 Å². The molecule has 338 valence electrons. The number of carbonyl (C=O) groups excluding carboxylic acids is 4. The lowest BCUT2D eigenvalue weighted by molar-refractivity contribution is -0.193. The monoisotopic (exact) mass is 1020 g/mol. The van der Waals surface area contributed by atoms with Crippen LogP contribution in [0.15, 0.2) is 163 Å². The molecule has 0 aliphatic heterocycles. The predicted octanol–water partition coefficient (Wildman–Crippen LogP) is 15.8. The summed E-state index contributed by atoms with van der Waals surface area (Å²) in [6, 6.07) is 54.8. The highest BCUT2D eigenvalue weighted by Crippen LogP contribution is 2.44. The summed E-state index contributed by atoms with van der Waals surface area (Å²) in [5, 5.41) is 27.4. The first-order valence-electron chi connectivity index (χ1n) is 20.3. The Kier molecular flexibility index (Phi) is 17.0. The Morgan fingerprint density at radius 3 is 1.17 bits per heavy atom. The third kappa shape index (κ3) is 12.2. The molecule has 0 amide bonds. The number of carboxylic acids is 1. The smallest absolute Gasteiger partial charge is 0.373 e. The van der Waals surface area contributed by atoms with Gasteiger partial charge in [-0.2, -0.15) is 29.7 Å². The van der Waals surface area contributed by atoms with Crippen molar-refractivity contribution in [2.24, 2.45) is 0 Å². The Hall–Kier alpha value is -8.42. The van der Waals surface area contributed by atoms with Crippen LogP contribution in [0.4, 0.5) is 17.1 Å². The minimum atomic E-state index is -1.24.